The summed E-state index contributed by atoms with van der Waals surface area (Å²) in [4.78, 5) is 11.0. The van der Waals surface area contributed by atoms with E-state index in [4.69, 9.17) is 14.0 Å². The molecule has 2 rings (SSSR count). The van der Waals surface area contributed by atoms with Gasteiger partial charge in [0.15, 0.2) is 6.29 Å². The minimum Gasteiger partial charge on any atom is -0.496 e. The number of aldehydes is 1. The summed E-state index contributed by atoms with van der Waals surface area (Å²) in [6, 6.07) is 3.66. The van der Waals surface area contributed by atoms with E-state index in [2.05, 4.69) is 0 Å². The van der Waals surface area contributed by atoms with E-state index in [1.54, 1.807) is 7.11 Å². The molecule has 0 unspecified atom stereocenters. The molecule has 0 amide bonds. The number of methoxy groups -OCH3 is 1. The Kier molecular flexibility index (Phi) is 4.50. The van der Waals surface area contributed by atoms with E-state index in [1.807, 2.05) is 58.8 Å². The molecule has 0 N–H and O–H groups in total. The summed E-state index contributed by atoms with van der Waals surface area (Å²) in [6.07, 6.45) is 2.74. The highest BCUT2D eigenvalue weighted by atomic mass is 16.7. The van der Waals surface area contributed by atoms with Crippen molar-refractivity contribution in [1.29, 1.82) is 0 Å². The number of rotatable bonds is 4. The van der Waals surface area contributed by atoms with Gasteiger partial charge in [-0.1, -0.05) is 12.1 Å². The standard InChI is InChI=1S/C17H23BO4/c1-12-9-14(11-19)15(20-6)10-13(12)7-8-18-21-16(2,3)17(4,5)22-18/h7-11H,1-6H3/b8-7+. The Hall–Kier alpha value is -1.59. The Labute approximate surface area is 132 Å². The van der Waals surface area contributed by atoms with Crippen LogP contribution in [0.25, 0.3) is 6.08 Å². The molecule has 1 heterocycles. The number of aryl methyl sites for hydroxylation is 1. The molecule has 1 aliphatic heterocycles. The molecule has 0 aromatic heterocycles. The molecule has 0 saturated carbocycles. The van der Waals surface area contributed by atoms with Crippen LogP contribution in [0.5, 0.6) is 5.75 Å². The van der Waals surface area contributed by atoms with Crippen LogP contribution in [0.3, 0.4) is 0 Å². The third kappa shape index (κ3) is 3.10. The van der Waals surface area contributed by atoms with E-state index in [1.165, 1.54) is 0 Å². The lowest BCUT2D eigenvalue weighted by Crippen LogP contribution is -2.41. The predicted octanol–water partition coefficient (Wildman–Crippen LogP) is 3.46. The molecule has 1 aliphatic rings. The number of benzene rings is 1. The second kappa shape index (κ2) is 5.90. The third-order valence-electron chi connectivity index (χ3n) is 4.45. The number of hydrogen-bond acceptors (Lipinski definition) is 4. The molecule has 1 aromatic carbocycles. The van der Waals surface area contributed by atoms with Crippen LogP contribution in [0.4, 0.5) is 0 Å². The quantitative estimate of drug-likeness (QED) is 0.631. The van der Waals surface area contributed by atoms with Gasteiger partial charge < -0.3 is 14.0 Å². The smallest absolute Gasteiger partial charge is 0.487 e. The lowest BCUT2D eigenvalue weighted by atomic mass is 9.88. The van der Waals surface area contributed by atoms with Crippen molar-refractivity contribution in [3.05, 3.63) is 34.8 Å². The average Bonchev–Trinajstić information content (AvgIpc) is 2.65. The summed E-state index contributed by atoms with van der Waals surface area (Å²) >= 11 is 0. The highest BCUT2D eigenvalue weighted by molar-refractivity contribution is 6.52. The number of ether oxygens (including phenoxy) is 1. The van der Waals surface area contributed by atoms with Crippen LogP contribution in [0.15, 0.2) is 18.1 Å². The molecule has 0 aliphatic carbocycles. The Bertz CT molecular complexity index is 589. The lowest BCUT2D eigenvalue weighted by molar-refractivity contribution is 0.00578. The molecule has 22 heavy (non-hydrogen) atoms. The number of hydrogen-bond donors (Lipinski definition) is 0. The molecule has 1 fully saturated rings. The first-order valence-electron chi connectivity index (χ1n) is 7.38. The summed E-state index contributed by atoms with van der Waals surface area (Å²) < 4.78 is 17.1. The molecule has 1 saturated heterocycles. The fourth-order valence-electron chi connectivity index (χ4n) is 2.32. The van der Waals surface area contributed by atoms with Gasteiger partial charge in [-0.3, -0.25) is 4.79 Å². The first-order chi connectivity index (χ1) is 10.2. The topological polar surface area (TPSA) is 44.8 Å². The molecule has 0 atom stereocenters. The van der Waals surface area contributed by atoms with Crippen molar-refractivity contribution in [2.75, 3.05) is 7.11 Å². The van der Waals surface area contributed by atoms with Crippen molar-refractivity contribution in [3.8, 4) is 5.75 Å². The summed E-state index contributed by atoms with van der Waals surface area (Å²) in [5.41, 5.74) is 1.81. The van der Waals surface area contributed by atoms with E-state index in [0.29, 0.717) is 11.3 Å². The number of carbonyl (C=O) groups excluding carboxylic acids is 1. The SMILES string of the molecule is COc1cc(/C=C/B2OC(C)(C)C(C)(C)O2)c(C)cc1C=O. The maximum absolute atomic E-state index is 11.0. The zero-order valence-corrected chi connectivity index (χ0v) is 14.1. The van der Waals surface area contributed by atoms with Gasteiger partial charge in [-0.25, -0.2) is 0 Å². The van der Waals surface area contributed by atoms with E-state index in [0.717, 1.165) is 17.4 Å². The van der Waals surface area contributed by atoms with E-state index >= 15 is 0 Å². The Morgan fingerprint density at radius 1 is 1.09 bits per heavy atom. The van der Waals surface area contributed by atoms with Crippen molar-refractivity contribution >= 4 is 19.5 Å². The molecule has 0 spiro atoms. The van der Waals surface area contributed by atoms with E-state index in [-0.39, 0.29) is 18.3 Å². The van der Waals surface area contributed by atoms with Crippen molar-refractivity contribution in [2.45, 2.75) is 45.8 Å². The molecule has 4 nitrogen and oxygen atoms in total. The Balaban J connectivity index is 2.23. The fraction of sp³-hybridized carbons (Fsp3) is 0.471. The van der Waals surface area contributed by atoms with E-state index < -0.39 is 0 Å². The first kappa shape index (κ1) is 16.8. The van der Waals surface area contributed by atoms with E-state index in [9.17, 15) is 4.79 Å². The maximum atomic E-state index is 11.0. The minimum atomic E-state index is -0.388. The lowest BCUT2D eigenvalue weighted by Gasteiger charge is -2.32. The second-order valence-electron chi connectivity index (χ2n) is 6.55. The van der Waals surface area contributed by atoms with Gasteiger partial charge in [-0.05, 0) is 57.9 Å². The van der Waals surface area contributed by atoms with Gasteiger partial charge in [0.1, 0.15) is 5.75 Å². The maximum Gasteiger partial charge on any atom is 0.487 e. The minimum absolute atomic E-state index is 0.351. The van der Waals surface area contributed by atoms with Crippen LogP contribution < -0.4 is 4.74 Å². The van der Waals surface area contributed by atoms with Crippen LogP contribution in [0.2, 0.25) is 0 Å². The van der Waals surface area contributed by atoms with Gasteiger partial charge in [0.25, 0.3) is 0 Å². The van der Waals surface area contributed by atoms with Crippen LogP contribution in [0.1, 0.15) is 49.2 Å². The fourth-order valence-corrected chi connectivity index (χ4v) is 2.32. The van der Waals surface area contributed by atoms with Crippen LogP contribution in [0, 0.1) is 6.92 Å². The molecular formula is C17H23BO4. The Morgan fingerprint density at radius 2 is 1.68 bits per heavy atom. The molecular weight excluding hydrogens is 279 g/mol. The molecule has 0 bridgehead atoms. The summed E-state index contributed by atoms with van der Waals surface area (Å²) in [5, 5.41) is 0. The van der Waals surface area contributed by atoms with Crippen LogP contribution in [-0.2, 0) is 9.31 Å². The van der Waals surface area contributed by atoms with Crippen LogP contribution >= 0.6 is 0 Å². The highest BCUT2D eigenvalue weighted by Crippen LogP contribution is 2.37. The van der Waals surface area contributed by atoms with Crippen LogP contribution in [-0.4, -0.2) is 31.7 Å². The van der Waals surface area contributed by atoms with Gasteiger partial charge >= 0.3 is 7.12 Å². The molecule has 1 aromatic rings. The van der Waals surface area contributed by atoms with Crippen molar-refractivity contribution < 1.29 is 18.8 Å². The average molecular weight is 302 g/mol. The second-order valence-corrected chi connectivity index (χ2v) is 6.55. The number of carbonyl (C=O) groups is 1. The summed E-state index contributed by atoms with van der Waals surface area (Å²) in [6.45, 7) is 10.0. The predicted molar refractivity (Wildman–Crippen MR) is 88.2 cm³/mol. The van der Waals surface area contributed by atoms with Gasteiger partial charge in [0, 0.05) is 0 Å². The van der Waals surface area contributed by atoms with Crippen molar-refractivity contribution in [1.82, 2.24) is 0 Å². The summed E-state index contributed by atoms with van der Waals surface area (Å²) in [5.74, 6) is 2.45. The largest absolute Gasteiger partial charge is 0.496 e. The normalized spacial score (nSPS) is 19.6. The monoisotopic (exact) mass is 302 g/mol. The van der Waals surface area contributed by atoms with Gasteiger partial charge in [0.05, 0.1) is 23.9 Å². The molecule has 5 heteroatoms. The summed E-state index contributed by atoms with van der Waals surface area (Å²) in [7, 11) is 1.17. The highest BCUT2D eigenvalue weighted by Gasteiger charge is 2.49. The Morgan fingerprint density at radius 3 is 2.18 bits per heavy atom. The van der Waals surface area contributed by atoms with Crippen molar-refractivity contribution in [3.63, 3.8) is 0 Å². The third-order valence-corrected chi connectivity index (χ3v) is 4.45. The van der Waals surface area contributed by atoms with Gasteiger partial charge in [-0.2, -0.15) is 0 Å². The zero-order valence-electron chi connectivity index (χ0n) is 14.1. The van der Waals surface area contributed by atoms with Crippen molar-refractivity contribution in [2.24, 2.45) is 0 Å². The van der Waals surface area contributed by atoms with Gasteiger partial charge in [-0.15, -0.1) is 0 Å². The van der Waals surface area contributed by atoms with Gasteiger partial charge in [0.2, 0.25) is 0 Å². The molecule has 118 valence electrons. The zero-order chi connectivity index (χ0) is 16.5. The molecule has 0 radical (unpaired) electrons. The first-order valence-corrected chi connectivity index (χ1v) is 7.38.